The van der Waals surface area contributed by atoms with Crippen molar-refractivity contribution in [2.24, 2.45) is 0 Å². The second-order valence-electron chi connectivity index (χ2n) is 3.61. The van der Waals surface area contributed by atoms with Gasteiger partial charge in [-0.1, -0.05) is 12.1 Å². The predicted molar refractivity (Wildman–Crippen MR) is 67.1 cm³/mol. The molecule has 2 heterocycles. The van der Waals surface area contributed by atoms with Gasteiger partial charge in [0.2, 0.25) is 0 Å². The van der Waals surface area contributed by atoms with Gasteiger partial charge < -0.3 is 9.52 Å². The summed E-state index contributed by atoms with van der Waals surface area (Å²) in [6, 6.07) is 10.4. The summed E-state index contributed by atoms with van der Waals surface area (Å²) in [5.41, 5.74) is 1.36. The fraction of sp³-hybridized carbons (Fsp3) is 0. The lowest BCUT2D eigenvalue weighted by atomic mass is 10.3. The largest absolute Gasteiger partial charge is 0.476 e. The van der Waals surface area contributed by atoms with Crippen molar-refractivity contribution in [3.63, 3.8) is 0 Å². The first-order valence-corrected chi connectivity index (χ1v) is 6.14. The number of rotatable bonds is 3. The van der Waals surface area contributed by atoms with Crippen LogP contribution in [-0.2, 0) is 0 Å². The molecule has 0 radical (unpaired) electrons. The minimum Gasteiger partial charge on any atom is -0.476 e. The lowest BCUT2D eigenvalue weighted by Crippen LogP contribution is -2.01. The van der Waals surface area contributed by atoms with Gasteiger partial charge in [-0.2, -0.15) is 0 Å². The Morgan fingerprint density at radius 1 is 1.16 bits per heavy atom. The molecule has 0 atom stereocenters. The van der Waals surface area contributed by atoms with E-state index in [0.29, 0.717) is 15.8 Å². The average Bonchev–Trinajstić information content (AvgIpc) is 2.81. The zero-order valence-electron chi connectivity index (χ0n) is 9.48. The number of carboxylic acids is 1. The summed E-state index contributed by atoms with van der Waals surface area (Å²) < 4.78 is 5.52. The normalized spacial score (nSPS) is 10.7. The standard InChI is InChI=1S/C12H7N3O3S/c16-11(17)8-5-6-10(15-14-8)19-12-13-7-3-1-2-4-9(7)18-12/h1-6H,(H,16,17). The second-order valence-corrected chi connectivity index (χ2v) is 4.58. The molecule has 3 aromatic rings. The minimum absolute atomic E-state index is 0.0954. The van der Waals surface area contributed by atoms with Gasteiger partial charge in [0.1, 0.15) is 10.5 Å². The third-order valence-corrected chi connectivity index (χ3v) is 3.10. The van der Waals surface area contributed by atoms with Crippen LogP contribution >= 0.6 is 11.8 Å². The third-order valence-electron chi connectivity index (χ3n) is 2.33. The molecule has 0 fully saturated rings. The Balaban J connectivity index is 1.86. The molecule has 0 unspecified atom stereocenters. The monoisotopic (exact) mass is 273 g/mol. The van der Waals surface area contributed by atoms with Crippen LogP contribution in [0.25, 0.3) is 11.1 Å². The summed E-state index contributed by atoms with van der Waals surface area (Å²) in [7, 11) is 0. The van der Waals surface area contributed by atoms with Gasteiger partial charge in [-0.15, -0.1) is 10.2 Å². The number of aromatic carboxylic acids is 1. The van der Waals surface area contributed by atoms with E-state index >= 15 is 0 Å². The number of aromatic nitrogens is 3. The molecule has 1 aromatic carbocycles. The fourth-order valence-corrected chi connectivity index (χ4v) is 2.14. The van der Waals surface area contributed by atoms with Gasteiger partial charge in [0.15, 0.2) is 11.3 Å². The molecular weight excluding hydrogens is 266 g/mol. The Morgan fingerprint density at radius 3 is 2.68 bits per heavy atom. The number of hydrogen-bond acceptors (Lipinski definition) is 6. The number of hydrogen-bond donors (Lipinski definition) is 1. The van der Waals surface area contributed by atoms with E-state index in [2.05, 4.69) is 15.2 Å². The molecule has 0 aliphatic carbocycles. The lowest BCUT2D eigenvalue weighted by Gasteiger charge is -1.95. The van der Waals surface area contributed by atoms with Crippen LogP contribution in [0.3, 0.4) is 0 Å². The molecule has 0 aliphatic heterocycles. The Kier molecular flexibility index (Phi) is 2.88. The van der Waals surface area contributed by atoms with Gasteiger partial charge in [0.05, 0.1) is 0 Å². The molecule has 1 N–H and O–H groups in total. The predicted octanol–water partition coefficient (Wildman–Crippen LogP) is 2.47. The van der Waals surface area contributed by atoms with Gasteiger partial charge in [-0.05, 0) is 36.0 Å². The highest BCUT2D eigenvalue weighted by Gasteiger charge is 2.10. The lowest BCUT2D eigenvalue weighted by molar-refractivity contribution is 0.0689. The summed E-state index contributed by atoms with van der Waals surface area (Å²) in [4.78, 5) is 14.9. The van der Waals surface area contributed by atoms with Gasteiger partial charge in [0, 0.05) is 0 Å². The smallest absolute Gasteiger partial charge is 0.356 e. The first kappa shape index (κ1) is 11.7. The maximum Gasteiger partial charge on any atom is 0.356 e. The summed E-state index contributed by atoms with van der Waals surface area (Å²) >= 11 is 1.19. The van der Waals surface area contributed by atoms with E-state index in [1.54, 1.807) is 6.07 Å². The van der Waals surface area contributed by atoms with Crippen molar-refractivity contribution in [2.45, 2.75) is 10.2 Å². The van der Waals surface area contributed by atoms with E-state index in [-0.39, 0.29) is 5.69 Å². The van der Waals surface area contributed by atoms with Crippen molar-refractivity contribution in [3.8, 4) is 0 Å². The summed E-state index contributed by atoms with van der Waals surface area (Å²) in [6.45, 7) is 0. The third kappa shape index (κ3) is 2.41. The van der Waals surface area contributed by atoms with Crippen LogP contribution in [0, 0.1) is 0 Å². The minimum atomic E-state index is -1.11. The van der Waals surface area contributed by atoms with Crippen molar-refractivity contribution < 1.29 is 14.3 Å². The SMILES string of the molecule is O=C(O)c1ccc(Sc2nc3ccccc3o2)nn1. The van der Waals surface area contributed by atoms with Crippen molar-refractivity contribution in [1.82, 2.24) is 15.2 Å². The molecule has 94 valence electrons. The van der Waals surface area contributed by atoms with Crippen molar-refractivity contribution in [1.29, 1.82) is 0 Å². The fourth-order valence-electron chi connectivity index (χ4n) is 1.47. The number of oxazole rings is 1. The molecule has 0 saturated carbocycles. The van der Waals surface area contributed by atoms with Gasteiger partial charge in [-0.25, -0.2) is 9.78 Å². The van der Waals surface area contributed by atoms with Gasteiger partial charge in [-0.3, -0.25) is 0 Å². The van der Waals surface area contributed by atoms with Crippen LogP contribution in [-0.4, -0.2) is 26.3 Å². The zero-order chi connectivity index (χ0) is 13.2. The van der Waals surface area contributed by atoms with Crippen LogP contribution in [0.2, 0.25) is 0 Å². The number of para-hydroxylation sites is 2. The molecule has 0 amide bonds. The van der Waals surface area contributed by atoms with Crippen LogP contribution in [0.4, 0.5) is 0 Å². The molecule has 6 nitrogen and oxygen atoms in total. The van der Waals surface area contributed by atoms with Crippen LogP contribution < -0.4 is 0 Å². The maximum absolute atomic E-state index is 10.6. The summed E-state index contributed by atoms with van der Waals surface area (Å²) in [5, 5.41) is 17.1. The molecule has 0 spiro atoms. The Morgan fingerprint density at radius 2 is 2.00 bits per heavy atom. The molecule has 2 aromatic heterocycles. The molecular formula is C12H7N3O3S. The molecule has 19 heavy (non-hydrogen) atoms. The van der Waals surface area contributed by atoms with Crippen LogP contribution in [0.5, 0.6) is 0 Å². The van der Waals surface area contributed by atoms with Crippen molar-refractivity contribution in [2.75, 3.05) is 0 Å². The van der Waals surface area contributed by atoms with E-state index in [0.717, 1.165) is 5.52 Å². The Hall–Kier alpha value is -2.41. The zero-order valence-corrected chi connectivity index (χ0v) is 10.3. The van der Waals surface area contributed by atoms with Crippen LogP contribution in [0.1, 0.15) is 10.5 Å². The molecule has 0 aliphatic rings. The Labute approximate surface area is 111 Å². The first-order valence-electron chi connectivity index (χ1n) is 5.33. The average molecular weight is 273 g/mol. The quantitative estimate of drug-likeness (QED) is 0.783. The van der Waals surface area contributed by atoms with Crippen LogP contribution in [0.15, 0.2) is 51.1 Å². The number of benzene rings is 1. The molecule has 0 bridgehead atoms. The first-order chi connectivity index (χ1) is 9.22. The van der Waals surface area contributed by atoms with Crippen molar-refractivity contribution in [3.05, 3.63) is 42.1 Å². The van der Waals surface area contributed by atoms with E-state index < -0.39 is 5.97 Å². The van der Waals surface area contributed by atoms with E-state index in [9.17, 15) is 4.79 Å². The molecule has 3 rings (SSSR count). The molecule has 0 saturated heterocycles. The highest BCUT2D eigenvalue weighted by molar-refractivity contribution is 7.99. The highest BCUT2D eigenvalue weighted by atomic mass is 32.2. The summed E-state index contributed by atoms with van der Waals surface area (Å²) in [6.07, 6.45) is 0. The maximum atomic E-state index is 10.6. The molecule has 7 heteroatoms. The van der Waals surface area contributed by atoms with Crippen molar-refractivity contribution >= 4 is 28.8 Å². The summed E-state index contributed by atoms with van der Waals surface area (Å²) in [5.74, 6) is -1.11. The van der Waals surface area contributed by atoms with E-state index in [4.69, 9.17) is 9.52 Å². The van der Waals surface area contributed by atoms with Gasteiger partial charge >= 0.3 is 5.97 Å². The second kappa shape index (κ2) is 4.69. The highest BCUT2D eigenvalue weighted by Crippen LogP contribution is 2.27. The van der Waals surface area contributed by atoms with E-state index in [1.165, 1.54) is 17.8 Å². The number of carboxylic acid groups (broad SMARTS) is 1. The van der Waals surface area contributed by atoms with Gasteiger partial charge in [0.25, 0.3) is 5.22 Å². The number of nitrogens with zero attached hydrogens (tertiary/aromatic N) is 3. The Bertz CT molecular complexity index is 706. The van der Waals surface area contributed by atoms with E-state index in [1.807, 2.05) is 24.3 Å². The number of fused-ring (bicyclic) bond motifs is 1. The topological polar surface area (TPSA) is 89.1 Å². The number of carbonyl (C=O) groups is 1.